The van der Waals surface area contributed by atoms with Crippen molar-refractivity contribution in [3.05, 3.63) is 42.2 Å². The van der Waals surface area contributed by atoms with Crippen LogP contribution in [0.25, 0.3) is 11.3 Å². The van der Waals surface area contributed by atoms with Gasteiger partial charge in [-0.3, -0.25) is 0 Å². The number of aromatic nitrogens is 2. The molecule has 0 aliphatic carbocycles. The lowest BCUT2D eigenvalue weighted by Crippen LogP contribution is -1.94. The van der Waals surface area contributed by atoms with Crippen LogP contribution in [0.2, 0.25) is 0 Å². The molecule has 0 amide bonds. The molecule has 0 aliphatic rings. The van der Waals surface area contributed by atoms with Crippen LogP contribution in [-0.4, -0.2) is 17.0 Å². The minimum atomic E-state index is 0.843. The van der Waals surface area contributed by atoms with Crippen LogP contribution in [0, 0.1) is 0 Å². The maximum Gasteiger partial charge on any atom is 0.129 e. The molecule has 1 N–H and O–H groups in total. The van der Waals surface area contributed by atoms with Gasteiger partial charge in [-0.25, -0.2) is 9.97 Å². The zero-order chi connectivity index (χ0) is 12.1. The van der Waals surface area contributed by atoms with Crippen LogP contribution in [0.15, 0.2) is 36.7 Å². The summed E-state index contributed by atoms with van der Waals surface area (Å²) in [4.78, 5) is 8.43. The average molecular weight is 227 g/mol. The lowest BCUT2D eigenvalue weighted by molar-refractivity contribution is 0.922. The Balaban J connectivity index is 2.34. The summed E-state index contributed by atoms with van der Waals surface area (Å²) in [6.45, 7) is 2.19. The van der Waals surface area contributed by atoms with Gasteiger partial charge in [-0.15, -0.1) is 0 Å². The van der Waals surface area contributed by atoms with Crippen LogP contribution in [0.1, 0.15) is 18.9 Å². The Morgan fingerprint density at radius 3 is 2.82 bits per heavy atom. The fourth-order valence-electron chi connectivity index (χ4n) is 1.83. The predicted molar refractivity (Wildman–Crippen MR) is 71.0 cm³/mol. The summed E-state index contributed by atoms with van der Waals surface area (Å²) in [6, 6.07) is 10.5. The van der Waals surface area contributed by atoms with Gasteiger partial charge >= 0.3 is 0 Å². The van der Waals surface area contributed by atoms with Crippen LogP contribution < -0.4 is 5.32 Å². The second kappa shape index (κ2) is 5.43. The average Bonchev–Trinajstić information content (AvgIpc) is 2.40. The minimum Gasteiger partial charge on any atom is -0.373 e. The second-order valence-electron chi connectivity index (χ2n) is 3.99. The molecule has 88 valence electrons. The van der Waals surface area contributed by atoms with E-state index in [1.54, 1.807) is 6.33 Å². The van der Waals surface area contributed by atoms with Gasteiger partial charge in [0.15, 0.2) is 0 Å². The molecule has 0 radical (unpaired) electrons. The molecule has 1 aromatic carbocycles. The first kappa shape index (κ1) is 11.6. The van der Waals surface area contributed by atoms with Crippen LogP contribution in [0.3, 0.4) is 0 Å². The van der Waals surface area contributed by atoms with Gasteiger partial charge in [0.05, 0.1) is 5.69 Å². The highest BCUT2D eigenvalue weighted by atomic mass is 15.0. The Bertz CT molecular complexity index is 494. The van der Waals surface area contributed by atoms with Crippen LogP contribution >= 0.6 is 0 Å². The first-order valence-electron chi connectivity index (χ1n) is 5.92. The van der Waals surface area contributed by atoms with E-state index in [-0.39, 0.29) is 0 Å². The highest BCUT2D eigenvalue weighted by molar-refractivity contribution is 5.62. The van der Waals surface area contributed by atoms with Gasteiger partial charge in [-0.1, -0.05) is 31.5 Å². The van der Waals surface area contributed by atoms with Crippen LogP contribution in [-0.2, 0) is 6.42 Å². The van der Waals surface area contributed by atoms with E-state index in [0.717, 1.165) is 29.9 Å². The Morgan fingerprint density at radius 2 is 2.06 bits per heavy atom. The number of nitrogens with zero attached hydrogens (tertiary/aromatic N) is 2. The molecule has 2 rings (SSSR count). The minimum absolute atomic E-state index is 0.843. The van der Waals surface area contributed by atoms with E-state index in [2.05, 4.69) is 46.5 Å². The molecule has 0 spiro atoms. The van der Waals surface area contributed by atoms with Gasteiger partial charge < -0.3 is 5.32 Å². The number of hydrogen-bond donors (Lipinski definition) is 1. The van der Waals surface area contributed by atoms with E-state index < -0.39 is 0 Å². The summed E-state index contributed by atoms with van der Waals surface area (Å²) in [5, 5.41) is 3.03. The monoisotopic (exact) mass is 227 g/mol. The normalized spacial score (nSPS) is 10.2. The maximum atomic E-state index is 4.31. The van der Waals surface area contributed by atoms with Gasteiger partial charge in [0.2, 0.25) is 0 Å². The molecule has 0 atom stereocenters. The Kier molecular flexibility index (Phi) is 3.70. The van der Waals surface area contributed by atoms with E-state index in [1.807, 2.05) is 13.1 Å². The zero-order valence-corrected chi connectivity index (χ0v) is 10.3. The Morgan fingerprint density at radius 1 is 1.18 bits per heavy atom. The first-order chi connectivity index (χ1) is 8.33. The summed E-state index contributed by atoms with van der Waals surface area (Å²) >= 11 is 0. The largest absolute Gasteiger partial charge is 0.373 e. The molecule has 2 aromatic rings. The van der Waals surface area contributed by atoms with Crippen molar-refractivity contribution in [1.82, 2.24) is 9.97 Å². The van der Waals surface area contributed by atoms with E-state index >= 15 is 0 Å². The quantitative estimate of drug-likeness (QED) is 0.872. The third-order valence-corrected chi connectivity index (χ3v) is 2.68. The van der Waals surface area contributed by atoms with Crippen LogP contribution in [0.4, 0.5) is 5.82 Å². The Hall–Kier alpha value is -1.90. The van der Waals surface area contributed by atoms with Gasteiger partial charge in [-0.05, 0) is 18.1 Å². The second-order valence-corrected chi connectivity index (χ2v) is 3.99. The number of hydrogen-bond acceptors (Lipinski definition) is 3. The molecule has 0 unspecified atom stereocenters. The molecule has 0 bridgehead atoms. The van der Waals surface area contributed by atoms with Gasteiger partial charge in [0.1, 0.15) is 12.1 Å². The van der Waals surface area contributed by atoms with Crippen molar-refractivity contribution in [2.75, 3.05) is 12.4 Å². The van der Waals surface area contributed by atoms with Crippen molar-refractivity contribution < 1.29 is 0 Å². The molecule has 0 aliphatic heterocycles. The third kappa shape index (κ3) is 2.81. The summed E-state index contributed by atoms with van der Waals surface area (Å²) < 4.78 is 0. The molecule has 0 saturated carbocycles. The van der Waals surface area contributed by atoms with Gasteiger partial charge in [-0.2, -0.15) is 0 Å². The van der Waals surface area contributed by atoms with Gasteiger partial charge in [0.25, 0.3) is 0 Å². The number of anilines is 1. The topological polar surface area (TPSA) is 37.8 Å². The summed E-state index contributed by atoms with van der Waals surface area (Å²) in [5.74, 6) is 0.843. The highest BCUT2D eigenvalue weighted by Gasteiger charge is 2.02. The van der Waals surface area contributed by atoms with E-state index in [1.165, 1.54) is 5.56 Å². The maximum absolute atomic E-state index is 4.31. The van der Waals surface area contributed by atoms with Crippen molar-refractivity contribution in [1.29, 1.82) is 0 Å². The molecular formula is C14H17N3. The molecule has 1 aromatic heterocycles. The van der Waals surface area contributed by atoms with Crippen LogP contribution in [0.5, 0.6) is 0 Å². The summed E-state index contributed by atoms with van der Waals surface area (Å²) in [7, 11) is 1.86. The molecule has 1 heterocycles. The highest BCUT2D eigenvalue weighted by Crippen LogP contribution is 2.20. The van der Waals surface area contributed by atoms with Crippen molar-refractivity contribution in [3.8, 4) is 11.3 Å². The Labute approximate surface area is 102 Å². The van der Waals surface area contributed by atoms with Crippen molar-refractivity contribution in [2.24, 2.45) is 0 Å². The smallest absolute Gasteiger partial charge is 0.129 e. The molecule has 17 heavy (non-hydrogen) atoms. The lowest BCUT2D eigenvalue weighted by atomic mass is 10.0. The van der Waals surface area contributed by atoms with E-state index in [0.29, 0.717) is 0 Å². The van der Waals surface area contributed by atoms with Crippen molar-refractivity contribution >= 4 is 5.82 Å². The first-order valence-corrected chi connectivity index (χ1v) is 5.92. The van der Waals surface area contributed by atoms with Crippen molar-refractivity contribution in [3.63, 3.8) is 0 Å². The molecule has 0 fully saturated rings. The summed E-state index contributed by atoms with van der Waals surface area (Å²) in [6.07, 6.45) is 3.86. The standard InChI is InChI=1S/C14H17N3/c1-3-5-11-6-4-7-12(8-11)13-9-14(15-2)17-10-16-13/h4,6-10H,3,5H2,1-2H3,(H,15,16,17). The number of benzene rings is 1. The molecule has 0 saturated heterocycles. The van der Waals surface area contributed by atoms with E-state index in [9.17, 15) is 0 Å². The van der Waals surface area contributed by atoms with E-state index in [4.69, 9.17) is 0 Å². The molecule has 3 heteroatoms. The fraction of sp³-hybridized carbons (Fsp3) is 0.286. The van der Waals surface area contributed by atoms with Crippen molar-refractivity contribution in [2.45, 2.75) is 19.8 Å². The zero-order valence-electron chi connectivity index (χ0n) is 10.3. The predicted octanol–water partition coefficient (Wildman–Crippen LogP) is 3.14. The SMILES string of the molecule is CCCc1cccc(-c2cc(NC)ncn2)c1. The lowest BCUT2D eigenvalue weighted by Gasteiger charge is -2.05. The number of nitrogens with one attached hydrogen (secondary N) is 1. The molecular weight excluding hydrogens is 210 g/mol. The number of rotatable bonds is 4. The third-order valence-electron chi connectivity index (χ3n) is 2.68. The fourth-order valence-corrected chi connectivity index (χ4v) is 1.83. The van der Waals surface area contributed by atoms with Gasteiger partial charge in [0, 0.05) is 18.7 Å². The number of aryl methyl sites for hydroxylation is 1. The molecule has 3 nitrogen and oxygen atoms in total. The summed E-state index contributed by atoms with van der Waals surface area (Å²) in [5.41, 5.74) is 3.46.